The van der Waals surface area contributed by atoms with Crippen LogP contribution in [-0.4, -0.2) is 14.8 Å². The number of aromatic nitrogens is 3. The molecule has 4 aromatic rings. The Bertz CT molecular complexity index is 1150. The molecule has 0 atom stereocenters. The second kappa shape index (κ2) is 8.44. The lowest BCUT2D eigenvalue weighted by Crippen LogP contribution is -2.00. The zero-order valence-electron chi connectivity index (χ0n) is 16.7. The highest BCUT2D eigenvalue weighted by Crippen LogP contribution is 2.31. The molecule has 0 amide bonds. The lowest BCUT2D eigenvalue weighted by molar-refractivity contribution is 0.885. The van der Waals surface area contributed by atoms with Crippen LogP contribution in [0, 0.1) is 20.8 Å². The fourth-order valence-electron chi connectivity index (χ4n) is 3.20. The van der Waals surface area contributed by atoms with Gasteiger partial charge in [-0.15, -0.1) is 10.2 Å². The van der Waals surface area contributed by atoms with Crippen LogP contribution in [0.15, 0.2) is 71.9 Å². The van der Waals surface area contributed by atoms with Crippen molar-refractivity contribution in [1.29, 1.82) is 0 Å². The van der Waals surface area contributed by atoms with Gasteiger partial charge in [0.1, 0.15) is 0 Å². The van der Waals surface area contributed by atoms with Crippen molar-refractivity contribution in [2.75, 3.05) is 0 Å². The fourth-order valence-corrected chi connectivity index (χ4v) is 4.41. The van der Waals surface area contributed by atoms with Crippen LogP contribution in [0.3, 0.4) is 0 Å². The number of aryl methyl sites for hydroxylation is 3. The molecule has 0 aliphatic carbocycles. The number of hydrogen-bond donors (Lipinski definition) is 0. The van der Waals surface area contributed by atoms with Crippen molar-refractivity contribution >= 4 is 23.4 Å². The van der Waals surface area contributed by atoms with Gasteiger partial charge < -0.3 is 0 Å². The number of rotatable bonds is 5. The molecule has 0 fully saturated rings. The Balaban J connectivity index is 1.75. The molecular formula is C24H22ClN3S. The normalized spacial score (nSPS) is 11.0. The van der Waals surface area contributed by atoms with E-state index in [1.54, 1.807) is 11.8 Å². The van der Waals surface area contributed by atoms with Gasteiger partial charge in [0.2, 0.25) is 0 Å². The molecule has 0 bridgehead atoms. The molecule has 0 spiro atoms. The molecule has 0 saturated heterocycles. The van der Waals surface area contributed by atoms with E-state index >= 15 is 0 Å². The van der Waals surface area contributed by atoms with Crippen LogP contribution in [0.1, 0.15) is 22.3 Å². The molecule has 1 aromatic heterocycles. The Hall–Kier alpha value is -2.56. The molecule has 4 rings (SSSR count). The van der Waals surface area contributed by atoms with Crippen LogP contribution in [0.25, 0.3) is 17.1 Å². The number of nitrogens with zero attached hydrogens (tertiary/aromatic N) is 3. The van der Waals surface area contributed by atoms with Crippen molar-refractivity contribution in [2.24, 2.45) is 0 Å². The molecule has 29 heavy (non-hydrogen) atoms. The van der Waals surface area contributed by atoms with Crippen LogP contribution in [0.5, 0.6) is 0 Å². The van der Waals surface area contributed by atoms with Crippen LogP contribution >= 0.6 is 23.4 Å². The second-order valence-electron chi connectivity index (χ2n) is 7.21. The summed E-state index contributed by atoms with van der Waals surface area (Å²) in [5.41, 5.74) is 7.09. The van der Waals surface area contributed by atoms with Gasteiger partial charge in [0, 0.05) is 22.0 Å². The first kappa shape index (κ1) is 19.7. The van der Waals surface area contributed by atoms with Crippen LogP contribution in [0.4, 0.5) is 0 Å². The smallest absolute Gasteiger partial charge is 0.196 e. The maximum absolute atomic E-state index is 6.23. The van der Waals surface area contributed by atoms with Gasteiger partial charge in [-0.1, -0.05) is 77.0 Å². The molecule has 0 unspecified atom stereocenters. The van der Waals surface area contributed by atoms with Gasteiger partial charge in [0.05, 0.1) is 0 Å². The Kier molecular flexibility index (Phi) is 5.74. The average Bonchev–Trinajstić information content (AvgIpc) is 3.13. The summed E-state index contributed by atoms with van der Waals surface area (Å²) in [6.07, 6.45) is 0. The van der Waals surface area contributed by atoms with E-state index in [0.29, 0.717) is 5.02 Å². The maximum Gasteiger partial charge on any atom is 0.196 e. The number of halogens is 1. The third-order valence-corrected chi connectivity index (χ3v) is 6.08. The van der Waals surface area contributed by atoms with Gasteiger partial charge in [0.25, 0.3) is 0 Å². The third-order valence-electron chi connectivity index (χ3n) is 4.87. The standard InChI is InChI=1S/C24H22ClN3S/c1-16-8-11-22(12-9-16)28-23(19-5-4-6-21(25)14-19)26-27-24(28)29-15-20-13-17(2)7-10-18(20)3/h4-14H,15H2,1-3H3. The van der Waals surface area contributed by atoms with Crippen LogP contribution < -0.4 is 0 Å². The molecule has 3 aromatic carbocycles. The monoisotopic (exact) mass is 419 g/mol. The van der Waals surface area contributed by atoms with E-state index in [0.717, 1.165) is 28.0 Å². The number of thioether (sulfide) groups is 1. The Morgan fingerprint density at radius 3 is 2.38 bits per heavy atom. The first-order chi connectivity index (χ1) is 14.0. The maximum atomic E-state index is 6.23. The van der Waals surface area contributed by atoms with Gasteiger partial charge in [-0.2, -0.15) is 0 Å². The molecule has 1 heterocycles. The van der Waals surface area contributed by atoms with Gasteiger partial charge in [0.15, 0.2) is 11.0 Å². The molecule has 0 saturated carbocycles. The van der Waals surface area contributed by atoms with E-state index in [9.17, 15) is 0 Å². The van der Waals surface area contributed by atoms with Crippen molar-refractivity contribution in [2.45, 2.75) is 31.7 Å². The summed E-state index contributed by atoms with van der Waals surface area (Å²) in [4.78, 5) is 0. The van der Waals surface area contributed by atoms with E-state index < -0.39 is 0 Å². The lowest BCUT2D eigenvalue weighted by Gasteiger charge is -2.12. The highest BCUT2D eigenvalue weighted by Gasteiger charge is 2.17. The van der Waals surface area contributed by atoms with Crippen molar-refractivity contribution in [3.05, 3.63) is 94.0 Å². The third kappa shape index (κ3) is 4.39. The summed E-state index contributed by atoms with van der Waals surface area (Å²) in [6.45, 7) is 6.36. The fraction of sp³-hybridized carbons (Fsp3) is 0.167. The molecule has 146 valence electrons. The average molecular weight is 420 g/mol. The zero-order valence-corrected chi connectivity index (χ0v) is 18.3. The first-order valence-corrected chi connectivity index (χ1v) is 10.8. The molecule has 0 aliphatic heterocycles. The van der Waals surface area contributed by atoms with Crippen molar-refractivity contribution in [3.8, 4) is 17.1 Å². The Morgan fingerprint density at radius 2 is 1.62 bits per heavy atom. The van der Waals surface area contributed by atoms with Crippen LogP contribution in [0.2, 0.25) is 5.02 Å². The van der Waals surface area contributed by atoms with E-state index in [2.05, 4.69) is 78.0 Å². The minimum Gasteiger partial charge on any atom is -0.270 e. The molecular weight excluding hydrogens is 398 g/mol. The molecule has 5 heteroatoms. The van der Waals surface area contributed by atoms with Crippen LogP contribution in [-0.2, 0) is 5.75 Å². The summed E-state index contributed by atoms with van der Waals surface area (Å²) >= 11 is 7.93. The van der Waals surface area contributed by atoms with Gasteiger partial charge in [-0.3, -0.25) is 4.57 Å². The minimum absolute atomic E-state index is 0.686. The molecule has 0 radical (unpaired) electrons. The molecule has 0 aliphatic rings. The predicted octanol–water partition coefficient (Wildman–Crippen LogP) is 6.81. The van der Waals surface area contributed by atoms with E-state index in [4.69, 9.17) is 11.6 Å². The largest absolute Gasteiger partial charge is 0.270 e. The summed E-state index contributed by atoms with van der Waals surface area (Å²) in [5.74, 6) is 1.63. The van der Waals surface area contributed by atoms with Gasteiger partial charge in [-0.25, -0.2) is 0 Å². The Labute approximate surface area is 180 Å². The van der Waals surface area contributed by atoms with Crippen molar-refractivity contribution in [1.82, 2.24) is 14.8 Å². The topological polar surface area (TPSA) is 30.7 Å². The predicted molar refractivity (Wildman–Crippen MR) is 122 cm³/mol. The quantitative estimate of drug-likeness (QED) is 0.333. The van der Waals surface area contributed by atoms with Crippen molar-refractivity contribution in [3.63, 3.8) is 0 Å². The van der Waals surface area contributed by atoms with E-state index in [-0.39, 0.29) is 0 Å². The first-order valence-electron chi connectivity index (χ1n) is 9.48. The Morgan fingerprint density at radius 1 is 0.862 bits per heavy atom. The van der Waals surface area contributed by atoms with Gasteiger partial charge >= 0.3 is 0 Å². The second-order valence-corrected chi connectivity index (χ2v) is 8.59. The summed E-state index contributed by atoms with van der Waals surface area (Å²) < 4.78 is 2.11. The minimum atomic E-state index is 0.686. The van der Waals surface area contributed by atoms with E-state index in [1.165, 1.54) is 22.3 Å². The molecule has 3 nitrogen and oxygen atoms in total. The summed E-state index contributed by atoms with van der Waals surface area (Å²) in [6, 6.07) is 22.7. The highest BCUT2D eigenvalue weighted by molar-refractivity contribution is 7.98. The van der Waals surface area contributed by atoms with Crippen molar-refractivity contribution < 1.29 is 0 Å². The number of benzene rings is 3. The lowest BCUT2D eigenvalue weighted by atomic mass is 10.1. The molecule has 0 N–H and O–H groups in total. The highest BCUT2D eigenvalue weighted by atomic mass is 35.5. The summed E-state index contributed by atoms with van der Waals surface area (Å²) in [7, 11) is 0. The SMILES string of the molecule is Cc1ccc(-n2c(SCc3cc(C)ccc3C)nnc2-c2cccc(Cl)c2)cc1. The summed E-state index contributed by atoms with van der Waals surface area (Å²) in [5, 5.41) is 10.6. The number of hydrogen-bond acceptors (Lipinski definition) is 3. The van der Waals surface area contributed by atoms with E-state index in [1.807, 2.05) is 24.3 Å². The van der Waals surface area contributed by atoms with Gasteiger partial charge in [-0.05, 0) is 56.2 Å². The zero-order chi connectivity index (χ0) is 20.4.